The van der Waals surface area contributed by atoms with Crippen LogP contribution in [0.4, 0.5) is 0 Å². The van der Waals surface area contributed by atoms with E-state index in [1.165, 1.54) is 6.08 Å². The number of para-hydroxylation sites is 1. The van der Waals surface area contributed by atoms with Crippen molar-refractivity contribution in [2.45, 2.75) is 13.8 Å². The summed E-state index contributed by atoms with van der Waals surface area (Å²) in [5.74, 6) is 1.01. The Balaban J connectivity index is 1.95. The van der Waals surface area contributed by atoms with E-state index in [-0.39, 0.29) is 0 Å². The monoisotopic (exact) mass is 342 g/mol. The number of ether oxygens (including phenoxy) is 3. The highest BCUT2D eigenvalue weighted by molar-refractivity contribution is 5.85. The number of rotatable bonds is 8. The fraction of sp³-hybridized carbons (Fsp3) is 0.250. The molecule has 1 N–H and O–H groups in total. The van der Waals surface area contributed by atoms with E-state index in [0.29, 0.717) is 24.7 Å². The summed E-state index contributed by atoms with van der Waals surface area (Å²) < 4.78 is 16.8. The Labute approximate surface area is 147 Å². The van der Waals surface area contributed by atoms with Crippen molar-refractivity contribution < 1.29 is 24.1 Å². The first-order valence-electron chi connectivity index (χ1n) is 7.92. The lowest BCUT2D eigenvalue weighted by Crippen LogP contribution is -2.10. The Morgan fingerprint density at radius 2 is 1.72 bits per heavy atom. The van der Waals surface area contributed by atoms with E-state index in [4.69, 9.17) is 19.3 Å². The third-order valence-corrected chi connectivity index (χ3v) is 3.60. The van der Waals surface area contributed by atoms with Crippen LogP contribution in [0, 0.1) is 13.8 Å². The van der Waals surface area contributed by atoms with Gasteiger partial charge in [0.25, 0.3) is 0 Å². The number of aliphatic carboxylic acids is 1. The molecule has 2 aromatic carbocycles. The molecule has 25 heavy (non-hydrogen) atoms. The molecule has 0 bridgehead atoms. The third kappa shape index (κ3) is 5.28. The van der Waals surface area contributed by atoms with Crippen molar-refractivity contribution in [2.24, 2.45) is 0 Å². The summed E-state index contributed by atoms with van der Waals surface area (Å²) in [6.45, 7) is 4.80. The third-order valence-electron chi connectivity index (χ3n) is 3.60. The molecule has 0 saturated carbocycles. The molecule has 0 aliphatic rings. The molecule has 0 radical (unpaired) electrons. The molecule has 0 spiro atoms. The average molecular weight is 342 g/mol. The van der Waals surface area contributed by atoms with Gasteiger partial charge in [0.2, 0.25) is 0 Å². The van der Waals surface area contributed by atoms with Gasteiger partial charge in [-0.1, -0.05) is 24.3 Å². The van der Waals surface area contributed by atoms with E-state index in [1.54, 1.807) is 25.3 Å². The van der Waals surface area contributed by atoms with Gasteiger partial charge in [-0.15, -0.1) is 0 Å². The molecule has 5 heteroatoms. The SMILES string of the molecule is COc1cc(/C=C/C(=O)O)ccc1OCCOc1c(C)cccc1C. The highest BCUT2D eigenvalue weighted by Gasteiger charge is 2.07. The number of methoxy groups -OCH3 is 1. The molecule has 0 aromatic heterocycles. The van der Waals surface area contributed by atoms with Crippen LogP contribution in [-0.2, 0) is 4.79 Å². The number of carboxylic acids is 1. The van der Waals surface area contributed by atoms with Gasteiger partial charge in [0.1, 0.15) is 19.0 Å². The summed E-state index contributed by atoms with van der Waals surface area (Å²) in [7, 11) is 1.54. The van der Waals surface area contributed by atoms with Crippen molar-refractivity contribution in [3.05, 3.63) is 59.2 Å². The Bertz CT molecular complexity index is 744. The van der Waals surface area contributed by atoms with Crippen LogP contribution in [0.25, 0.3) is 6.08 Å². The molecule has 2 rings (SSSR count). The van der Waals surface area contributed by atoms with Crippen molar-refractivity contribution >= 4 is 12.0 Å². The van der Waals surface area contributed by atoms with E-state index in [9.17, 15) is 4.79 Å². The van der Waals surface area contributed by atoms with Crippen molar-refractivity contribution in [2.75, 3.05) is 20.3 Å². The van der Waals surface area contributed by atoms with Gasteiger partial charge >= 0.3 is 5.97 Å². The lowest BCUT2D eigenvalue weighted by molar-refractivity contribution is -0.131. The van der Waals surface area contributed by atoms with E-state index in [1.807, 2.05) is 32.0 Å². The number of benzene rings is 2. The molecule has 132 valence electrons. The van der Waals surface area contributed by atoms with Crippen LogP contribution in [-0.4, -0.2) is 31.4 Å². The molecule has 0 aliphatic heterocycles. The van der Waals surface area contributed by atoms with E-state index < -0.39 is 5.97 Å². The van der Waals surface area contributed by atoms with Crippen LogP contribution in [0.2, 0.25) is 0 Å². The molecule has 0 saturated heterocycles. The topological polar surface area (TPSA) is 65.0 Å². The molecule has 0 amide bonds. The molecule has 0 unspecified atom stereocenters. The van der Waals surface area contributed by atoms with Gasteiger partial charge in [0, 0.05) is 6.08 Å². The molecule has 0 aliphatic carbocycles. The molecule has 0 fully saturated rings. The summed E-state index contributed by atoms with van der Waals surface area (Å²) in [5.41, 5.74) is 2.90. The first-order chi connectivity index (χ1) is 12.0. The van der Waals surface area contributed by atoms with E-state index in [2.05, 4.69) is 0 Å². The maximum Gasteiger partial charge on any atom is 0.328 e. The molecule has 2 aromatic rings. The lowest BCUT2D eigenvalue weighted by atomic mass is 10.1. The normalized spacial score (nSPS) is 10.7. The van der Waals surface area contributed by atoms with Crippen LogP contribution in [0.15, 0.2) is 42.5 Å². The minimum absolute atomic E-state index is 0.369. The van der Waals surface area contributed by atoms with Gasteiger partial charge in [-0.2, -0.15) is 0 Å². The zero-order chi connectivity index (χ0) is 18.2. The van der Waals surface area contributed by atoms with Crippen LogP contribution in [0.3, 0.4) is 0 Å². The maximum absolute atomic E-state index is 10.6. The zero-order valence-corrected chi connectivity index (χ0v) is 14.6. The smallest absolute Gasteiger partial charge is 0.328 e. The van der Waals surface area contributed by atoms with Crippen molar-refractivity contribution in [3.8, 4) is 17.2 Å². The molecule has 0 atom stereocenters. The van der Waals surface area contributed by atoms with Crippen LogP contribution in [0.5, 0.6) is 17.2 Å². The average Bonchev–Trinajstić information content (AvgIpc) is 2.59. The maximum atomic E-state index is 10.6. The largest absolute Gasteiger partial charge is 0.493 e. The van der Waals surface area contributed by atoms with E-state index in [0.717, 1.165) is 28.5 Å². The first-order valence-corrected chi connectivity index (χ1v) is 7.92. The predicted molar refractivity (Wildman–Crippen MR) is 96.6 cm³/mol. The van der Waals surface area contributed by atoms with Crippen molar-refractivity contribution in [1.29, 1.82) is 0 Å². The summed E-state index contributed by atoms with van der Waals surface area (Å²) in [6.07, 6.45) is 2.58. The Morgan fingerprint density at radius 1 is 1.04 bits per heavy atom. The Hall–Kier alpha value is -2.95. The molecule has 0 heterocycles. The van der Waals surface area contributed by atoms with Crippen LogP contribution in [0.1, 0.15) is 16.7 Å². The number of hydrogen-bond acceptors (Lipinski definition) is 4. The van der Waals surface area contributed by atoms with Crippen molar-refractivity contribution in [1.82, 2.24) is 0 Å². The quantitative estimate of drug-likeness (QED) is 0.583. The minimum atomic E-state index is -0.997. The number of aryl methyl sites for hydroxylation is 2. The molecular formula is C20H22O5. The minimum Gasteiger partial charge on any atom is -0.493 e. The Kier molecular flexibility index (Phi) is 6.46. The molecular weight excluding hydrogens is 320 g/mol. The highest BCUT2D eigenvalue weighted by atomic mass is 16.5. The number of hydrogen-bond donors (Lipinski definition) is 1. The second kappa shape index (κ2) is 8.78. The van der Waals surface area contributed by atoms with Gasteiger partial charge in [-0.25, -0.2) is 4.79 Å². The van der Waals surface area contributed by atoms with Gasteiger partial charge < -0.3 is 19.3 Å². The second-order valence-corrected chi connectivity index (χ2v) is 5.50. The highest BCUT2D eigenvalue weighted by Crippen LogP contribution is 2.28. The first kappa shape index (κ1) is 18.4. The lowest BCUT2D eigenvalue weighted by Gasteiger charge is -2.14. The standard InChI is InChI=1S/C20H22O5/c1-14-5-4-6-15(2)20(14)25-12-11-24-17-9-7-16(8-10-19(21)22)13-18(17)23-3/h4-10,13H,11-12H2,1-3H3,(H,21,22)/b10-8+. The zero-order valence-electron chi connectivity index (χ0n) is 14.6. The van der Waals surface area contributed by atoms with Crippen LogP contribution < -0.4 is 14.2 Å². The number of carboxylic acid groups (broad SMARTS) is 1. The van der Waals surface area contributed by atoms with E-state index >= 15 is 0 Å². The van der Waals surface area contributed by atoms with Gasteiger partial charge in [0.15, 0.2) is 11.5 Å². The summed E-state index contributed by atoms with van der Waals surface area (Å²) in [6, 6.07) is 11.3. The van der Waals surface area contributed by atoms with Crippen molar-refractivity contribution in [3.63, 3.8) is 0 Å². The summed E-state index contributed by atoms with van der Waals surface area (Å²) >= 11 is 0. The van der Waals surface area contributed by atoms with Gasteiger partial charge in [-0.3, -0.25) is 0 Å². The van der Waals surface area contributed by atoms with Crippen LogP contribution >= 0.6 is 0 Å². The summed E-state index contributed by atoms with van der Waals surface area (Å²) in [4.78, 5) is 10.6. The fourth-order valence-electron chi connectivity index (χ4n) is 2.40. The fourth-order valence-corrected chi connectivity index (χ4v) is 2.40. The molecule has 5 nitrogen and oxygen atoms in total. The van der Waals surface area contributed by atoms with Gasteiger partial charge in [-0.05, 0) is 48.7 Å². The Morgan fingerprint density at radius 3 is 2.36 bits per heavy atom. The predicted octanol–water partition coefficient (Wildman–Crippen LogP) is 3.87. The second-order valence-electron chi connectivity index (χ2n) is 5.50. The van der Waals surface area contributed by atoms with Gasteiger partial charge in [0.05, 0.1) is 7.11 Å². The summed E-state index contributed by atoms with van der Waals surface area (Å²) in [5, 5.41) is 8.68. The number of carbonyl (C=O) groups is 1.